The zero-order chi connectivity index (χ0) is 25.5. The Morgan fingerprint density at radius 2 is 1.49 bits per heavy atom. The summed E-state index contributed by atoms with van der Waals surface area (Å²) in [5, 5.41) is 4.31. The van der Waals surface area contributed by atoms with Crippen LogP contribution in [0.15, 0.2) is 53.6 Å². The summed E-state index contributed by atoms with van der Waals surface area (Å²) in [7, 11) is 0. The third kappa shape index (κ3) is 6.70. The molecule has 2 aliphatic rings. The van der Waals surface area contributed by atoms with Crippen LogP contribution in [0.25, 0.3) is 0 Å². The van der Waals surface area contributed by atoms with Gasteiger partial charge in [0.05, 0.1) is 38.2 Å². The molecular formula is C25H26IN7O4. The highest BCUT2D eigenvalue weighted by atomic mass is 127. The number of esters is 1. The Balaban J connectivity index is 1.25. The van der Waals surface area contributed by atoms with E-state index in [1.807, 2.05) is 30.3 Å². The summed E-state index contributed by atoms with van der Waals surface area (Å²) >= 11 is 2.12. The fourth-order valence-corrected chi connectivity index (χ4v) is 4.40. The fourth-order valence-electron chi connectivity index (χ4n) is 3.79. The maximum Gasteiger partial charge on any atom is 0.344 e. The quantitative estimate of drug-likeness (QED) is 0.140. The highest BCUT2D eigenvalue weighted by molar-refractivity contribution is 14.1. The molecule has 0 radical (unpaired) electrons. The normalized spacial score (nSPS) is 16.1. The lowest BCUT2D eigenvalue weighted by Gasteiger charge is -2.30. The molecule has 3 heterocycles. The van der Waals surface area contributed by atoms with Gasteiger partial charge >= 0.3 is 5.97 Å². The van der Waals surface area contributed by atoms with Crippen LogP contribution in [0.2, 0.25) is 0 Å². The van der Waals surface area contributed by atoms with Crippen molar-refractivity contribution >= 4 is 52.6 Å². The van der Waals surface area contributed by atoms with Crippen LogP contribution in [-0.2, 0) is 9.47 Å². The van der Waals surface area contributed by atoms with Crippen LogP contribution in [0.5, 0.6) is 5.75 Å². The number of anilines is 3. The minimum atomic E-state index is -0.393. The van der Waals surface area contributed by atoms with Crippen LogP contribution >= 0.6 is 22.6 Å². The average molecular weight is 615 g/mol. The molecule has 0 aliphatic carbocycles. The predicted molar refractivity (Wildman–Crippen MR) is 148 cm³/mol. The summed E-state index contributed by atoms with van der Waals surface area (Å²) in [5.41, 5.74) is 4.28. The van der Waals surface area contributed by atoms with E-state index in [1.165, 1.54) is 0 Å². The Morgan fingerprint density at radius 1 is 0.892 bits per heavy atom. The van der Waals surface area contributed by atoms with E-state index in [1.54, 1.807) is 24.4 Å². The molecule has 2 saturated heterocycles. The summed E-state index contributed by atoms with van der Waals surface area (Å²) in [6.45, 7) is 5.41. The molecule has 5 rings (SSSR count). The van der Waals surface area contributed by atoms with Crippen molar-refractivity contribution in [1.29, 1.82) is 0 Å². The second kappa shape index (κ2) is 12.3. The van der Waals surface area contributed by atoms with Gasteiger partial charge in [-0.3, -0.25) is 0 Å². The number of benzene rings is 2. The van der Waals surface area contributed by atoms with E-state index in [0.717, 1.165) is 35.3 Å². The van der Waals surface area contributed by atoms with Gasteiger partial charge in [0.25, 0.3) is 0 Å². The van der Waals surface area contributed by atoms with E-state index >= 15 is 0 Å². The topological polar surface area (TPSA) is 114 Å². The summed E-state index contributed by atoms with van der Waals surface area (Å²) in [6.07, 6.45) is 1.65. The van der Waals surface area contributed by atoms with Crippen LogP contribution in [0.1, 0.15) is 15.9 Å². The number of carbonyl (C=O) groups excluding carboxylic acids is 1. The largest absolute Gasteiger partial charge is 0.423 e. The van der Waals surface area contributed by atoms with E-state index in [0.29, 0.717) is 55.6 Å². The first kappa shape index (κ1) is 25.3. The van der Waals surface area contributed by atoms with E-state index in [-0.39, 0.29) is 0 Å². The van der Waals surface area contributed by atoms with Crippen LogP contribution in [-0.4, -0.2) is 79.7 Å². The van der Waals surface area contributed by atoms with Crippen LogP contribution in [0.3, 0.4) is 0 Å². The van der Waals surface area contributed by atoms with Gasteiger partial charge in [0.2, 0.25) is 17.8 Å². The highest BCUT2D eigenvalue weighted by Crippen LogP contribution is 2.19. The summed E-state index contributed by atoms with van der Waals surface area (Å²) < 4.78 is 17.3. The minimum absolute atomic E-state index is 0.359. The standard InChI is InChI=1S/C25H26IN7O4/c26-21-4-2-1-3-20(21)22(34)37-19-7-5-18(6-8-19)17-27-31-23-28-24(32-9-13-35-14-10-32)30-25(29-23)33-11-15-36-16-12-33/h1-8,17H,9-16H2,(H,28,29,30,31)/b27-17-. The number of aromatic nitrogens is 3. The van der Waals surface area contributed by atoms with Crippen molar-refractivity contribution in [3.05, 3.63) is 63.2 Å². The van der Waals surface area contributed by atoms with E-state index in [2.05, 4.69) is 52.9 Å². The van der Waals surface area contributed by atoms with Gasteiger partial charge in [-0.25, -0.2) is 10.2 Å². The zero-order valence-corrected chi connectivity index (χ0v) is 22.2. The molecule has 2 fully saturated rings. The third-order valence-electron chi connectivity index (χ3n) is 5.76. The lowest BCUT2D eigenvalue weighted by molar-refractivity contribution is 0.0733. The molecule has 2 aliphatic heterocycles. The molecule has 37 heavy (non-hydrogen) atoms. The van der Waals surface area contributed by atoms with Gasteiger partial charge in [-0.15, -0.1) is 0 Å². The van der Waals surface area contributed by atoms with Crippen molar-refractivity contribution in [2.24, 2.45) is 5.10 Å². The highest BCUT2D eigenvalue weighted by Gasteiger charge is 2.20. The molecule has 3 aromatic rings. The average Bonchev–Trinajstić information content (AvgIpc) is 2.95. The number of nitrogens with one attached hydrogen (secondary N) is 1. The van der Waals surface area contributed by atoms with Gasteiger partial charge in [-0.1, -0.05) is 12.1 Å². The lowest BCUT2D eigenvalue weighted by atomic mass is 10.2. The molecule has 0 atom stereocenters. The van der Waals surface area contributed by atoms with Crippen molar-refractivity contribution in [3.63, 3.8) is 0 Å². The number of hydrogen-bond donors (Lipinski definition) is 1. The Bertz CT molecular complexity index is 1210. The Hall–Kier alpha value is -3.36. The molecule has 11 nitrogen and oxygen atoms in total. The van der Waals surface area contributed by atoms with Crippen molar-refractivity contribution in [2.75, 3.05) is 67.8 Å². The molecule has 192 valence electrons. The van der Waals surface area contributed by atoms with Gasteiger partial charge < -0.3 is 24.0 Å². The monoisotopic (exact) mass is 615 g/mol. The third-order valence-corrected chi connectivity index (χ3v) is 6.70. The molecule has 0 amide bonds. The van der Waals surface area contributed by atoms with Crippen LogP contribution in [0.4, 0.5) is 17.8 Å². The summed E-state index contributed by atoms with van der Waals surface area (Å²) in [5.74, 6) is 1.61. The van der Waals surface area contributed by atoms with Crippen LogP contribution in [0, 0.1) is 3.57 Å². The summed E-state index contributed by atoms with van der Waals surface area (Å²) in [4.78, 5) is 30.4. The number of carbonyl (C=O) groups is 1. The SMILES string of the molecule is O=C(Oc1ccc(/C=N\Nc2nc(N3CCOCC3)nc(N3CCOCC3)n2)cc1)c1ccccc1I. The number of halogens is 1. The molecule has 0 spiro atoms. The van der Waals surface area contributed by atoms with Gasteiger partial charge in [0.1, 0.15) is 5.75 Å². The molecule has 2 aromatic carbocycles. The predicted octanol–water partition coefficient (Wildman–Crippen LogP) is 2.81. The van der Waals surface area contributed by atoms with Crippen molar-refractivity contribution in [2.45, 2.75) is 0 Å². The molecule has 1 N–H and O–H groups in total. The second-order valence-corrected chi connectivity index (χ2v) is 9.43. The molecule has 0 unspecified atom stereocenters. The first-order valence-corrected chi connectivity index (χ1v) is 13.0. The molecule has 1 aromatic heterocycles. The number of nitrogens with zero attached hydrogens (tertiary/aromatic N) is 6. The fraction of sp³-hybridized carbons (Fsp3) is 0.320. The Labute approximate surface area is 228 Å². The number of morpholine rings is 2. The second-order valence-electron chi connectivity index (χ2n) is 8.27. The number of hydrazone groups is 1. The van der Waals surface area contributed by atoms with Gasteiger partial charge in [0, 0.05) is 29.7 Å². The number of hydrogen-bond acceptors (Lipinski definition) is 11. The van der Waals surface area contributed by atoms with Crippen molar-refractivity contribution in [3.8, 4) is 5.75 Å². The smallest absolute Gasteiger partial charge is 0.344 e. The maximum absolute atomic E-state index is 12.4. The summed E-state index contributed by atoms with van der Waals surface area (Å²) in [6, 6.07) is 14.4. The minimum Gasteiger partial charge on any atom is -0.423 e. The van der Waals surface area contributed by atoms with Crippen LogP contribution < -0.4 is 20.0 Å². The molecular weight excluding hydrogens is 589 g/mol. The molecule has 12 heteroatoms. The number of ether oxygens (including phenoxy) is 3. The van der Waals surface area contributed by atoms with E-state index in [9.17, 15) is 4.79 Å². The first-order chi connectivity index (χ1) is 18.2. The van der Waals surface area contributed by atoms with E-state index < -0.39 is 5.97 Å². The van der Waals surface area contributed by atoms with Crippen molar-refractivity contribution in [1.82, 2.24) is 15.0 Å². The molecule has 0 saturated carbocycles. The maximum atomic E-state index is 12.4. The zero-order valence-electron chi connectivity index (χ0n) is 20.0. The first-order valence-electron chi connectivity index (χ1n) is 11.9. The number of rotatable bonds is 7. The van der Waals surface area contributed by atoms with Gasteiger partial charge in [-0.2, -0.15) is 20.1 Å². The van der Waals surface area contributed by atoms with Crippen molar-refractivity contribution < 1.29 is 19.0 Å². The Morgan fingerprint density at radius 3 is 2.08 bits per heavy atom. The Kier molecular flexibility index (Phi) is 8.38. The molecule has 0 bridgehead atoms. The lowest BCUT2D eigenvalue weighted by Crippen LogP contribution is -2.40. The van der Waals surface area contributed by atoms with E-state index in [4.69, 9.17) is 19.2 Å². The van der Waals surface area contributed by atoms with Gasteiger partial charge in [0.15, 0.2) is 0 Å². The van der Waals surface area contributed by atoms with Gasteiger partial charge in [-0.05, 0) is 64.6 Å².